The van der Waals surface area contributed by atoms with Crippen molar-refractivity contribution in [3.05, 3.63) is 54.4 Å². The molecule has 162 valence electrons. The molecule has 30 heavy (non-hydrogen) atoms. The van der Waals surface area contributed by atoms with Gasteiger partial charge in [-0.25, -0.2) is 31.1 Å². The molecule has 2 unspecified atom stereocenters. The molecule has 0 bridgehead atoms. The number of pyridine rings is 1. The van der Waals surface area contributed by atoms with Gasteiger partial charge in [-0.15, -0.1) is 0 Å². The first-order chi connectivity index (χ1) is 14.2. The Bertz CT molecular complexity index is 949. The molecule has 1 aromatic heterocycles. The van der Waals surface area contributed by atoms with Crippen molar-refractivity contribution in [2.24, 2.45) is 0 Å². The summed E-state index contributed by atoms with van der Waals surface area (Å²) in [6, 6.07) is 7.28. The van der Waals surface area contributed by atoms with Gasteiger partial charge in [-0.05, 0) is 48.7 Å². The molecule has 2 amide bonds. The molecule has 1 aliphatic rings. The molecule has 0 aliphatic heterocycles. The number of halogens is 3. The number of carbonyl (C=O) groups is 1. The molecule has 0 radical (unpaired) electrons. The molecule has 1 aliphatic carbocycles. The predicted octanol–water partition coefficient (Wildman–Crippen LogP) is 2.86. The van der Waals surface area contributed by atoms with Crippen molar-refractivity contribution in [2.45, 2.75) is 48.8 Å². The van der Waals surface area contributed by atoms with E-state index in [0.29, 0.717) is 5.69 Å². The van der Waals surface area contributed by atoms with E-state index in [1.165, 1.54) is 24.3 Å². The number of rotatable bonds is 6. The Morgan fingerprint density at radius 2 is 1.73 bits per heavy atom. The summed E-state index contributed by atoms with van der Waals surface area (Å²) in [6.07, 6.45) is -3.98. The summed E-state index contributed by atoms with van der Waals surface area (Å²) in [4.78, 5) is 15.7. The van der Waals surface area contributed by atoms with Crippen molar-refractivity contribution < 1.29 is 26.4 Å². The largest absolute Gasteiger partial charge is 0.334 e. The maximum atomic E-state index is 13.5. The SMILES string of the molecule is O=C(NCc1cccnc1)Nc1ccc(S(=O)(=O)NC2CC(F)C(F)C(F)C2)cc1. The first kappa shape index (κ1) is 22.0. The Morgan fingerprint density at radius 1 is 1.07 bits per heavy atom. The number of carbonyl (C=O) groups excluding carboxylic acids is 1. The average Bonchev–Trinajstić information content (AvgIpc) is 2.71. The van der Waals surface area contributed by atoms with Gasteiger partial charge in [-0.1, -0.05) is 6.07 Å². The molecule has 3 rings (SSSR count). The van der Waals surface area contributed by atoms with E-state index >= 15 is 0 Å². The quantitative estimate of drug-likeness (QED) is 0.641. The molecule has 0 spiro atoms. The highest BCUT2D eigenvalue weighted by atomic mass is 32.2. The van der Waals surface area contributed by atoms with E-state index in [-0.39, 0.29) is 11.4 Å². The van der Waals surface area contributed by atoms with Gasteiger partial charge in [-0.2, -0.15) is 0 Å². The summed E-state index contributed by atoms with van der Waals surface area (Å²) in [6.45, 7) is 0.266. The molecule has 2 aromatic rings. The van der Waals surface area contributed by atoms with Gasteiger partial charge in [0.1, 0.15) is 12.3 Å². The van der Waals surface area contributed by atoms with Gasteiger partial charge in [0.05, 0.1) is 4.90 Å². The van der Waals surface area contributed by atoms with Gasteiger partial charge in [0.15, 0.2) is 6.17 Å². The lowest BCUT2D eigenvalue weighted by Gasteiger charge is -2.30. The van der Waals surface area contributed by atoms with Crippen LogP contribution in [0.15, 0.2) is 53.7 Å². The molecule has 11 heteroatoms. The Labute approximate surface area is 172 Å². The van der Waals surface area contributed by atoms with Crippen LogP contribution < -0.4 is 15.4 Å². The smallest absolute Gasteiger partial charge is 0.319 e. The average molecular weight is 442 g/mol. The van der Waals surface area contributed by atoms with E-state index in [0.717, 1.165) is 5.56 Å². The number of urea groups is 1. The fraction of sp³-hybridized carbons (Fsp3) is 0.368. The van der Waals surface area contributed by atoms with Crippen LogP contribution >= 0.6 is 0 Å². The number of nitrogens with one attached hydrogen (secondary N) is 3. The van der Waals surface area contributed by atoms with E-state index in [2.05, 4.69) is 20.3 Å². The number of nitrogens with zero attached hydrogens (tertiary/aromatic N) is 1. The van der Waals surface area contributed by atoms with Crippen LogP contribution in [0.1, 0.15) is 18.4 Å². The van der Waals surface area contributed by atoms with Gasteiger partial charge in [0.25, 0.3) is 0 Å². The summed E-state index contributed by atoms with van der Waals surface area (Å²) in [5, 5.41) is 5.20. The van der Waals surface area contributed by atoms with Crippen LogP contribution in [0.4, 0.5) is 23.7 Å². The minimum atomic E-state index is -4.06. The van der Waals surface area contributed by atoms with Crippen molar-refractivity contribution in [3.8, 4) is 0 Å². The second kappa shape index (κ2) is 9.43. The molecule has 2 atom stereocenters. The van der Waals surface area contributed by atoms with Crippen LogP contribution in [-0.2, 0) is 16.6 Å². The Balaban J connectivity index is 1.55. The highest BCUT2D eigenvalue weighted by Gasteiger charge is 2.40. The number of alkyl halides is 3. The van der Waals surface area contributed by atoms with Gasteiger partial charge < -0.3 is 10.6 Å². The van der Waals surface area contributed by atoms with Crippen molar-refractivity contribution in [3.63, 3.8) is 0 Å². The van der Waals surface area contributed by atoms with E-state index in [1.807, 2.05) is 0 Å². The Kier molecular flexibility index (Phi) is 6.93. The molecule has 1 aromatic carbocycles. The highest BCUT2D eigenvalue weighted by Crippen LogP contribution is 2.28. The standard InChI is InChI=1S/C19H21F3N4O3S/c20-16-8-14(9-17(21)18(16)22)26-30(28,29)15-5-3-13(4-6-15)25-19(27)24-11-12-2-1-7-23-10-12/h1-7,10,14,16-18,26H,8-9,11H2,(H2,24,25,27). The van der Waals surface area contributed by atoms with Gasteiger partial charge >= 0.3 is 6.03 Å². The monoisotopic (exact) mass is 442 g/mol. The normalized spacial score (nSPS) is 24.2. The molecule has 3 N–H and O–H groups in total. The van der Waals surface area contributed by atoms with Crippen molar-refractivity contribution in [2.75, 3.05) is 5.32 Å². The summed E-state index contributed by atoms with van der Waals surface area (Å²) >= 11 is 0. The first-order valence-electron chi connectivity index (χ1n) is 9.23. The molecular weight excluding hydrogens is 421 g/mol. The minimum absolute atomic E-state index is 0.142. The Morgan fingerprint density at radius 3 is 2.33 bits per heavy atom. The third-order valence-electron chi connectivity index (χ3n) is 4.63. The molecule has 0 saturated heterocycles. The maximum Gasteiger partial charge on any atom is 0.319 e. The fourth-order valence-corrected chi connectivity index (χ4v) is 4.35. The van der Waals surface area contributed by atoms with Crippen LogP contribution in [0.2, 0.25) is 0 Å². The maximum absolute atomic E-state index is 13.5. The van der Waals surface area contributed by atoms with Crippen molar-refractivity contribution in [1.82, 2.24) is 15.0 Å². The molecule has 7 nitrogen and oxygen atoms in total. The lowest BCUT2D eigenvalue weighted by atomic mass is 9.91. The van der Waals surface area contributed by atoms with E-state index in [4.69, 9.17) is 0 Å². The summed E-state index contributed by atoms with van der Waals surface area (Å²) in [7, 11) is -4.06. The van der Waals surface area contributed by atoms with Crippen molar-refractivity contribution >= 4 is 21.7 Å². The molecule has 1 fully saturated rings. The number of amides is 2. The van der Waals surface area contributed by atoms with E-state index < -0.39 is 53.5 Å². The number of hydrogen-bond acceptors (Lipinski definition) is 4. The van der Waals surface area contributed by atoms with Crippen LogP contribution in [0, 0.1) is 0 Å². The van der Waals surface area contributed by atoms with Gasteiger partial charge in [0.2, 0.25) is 10.0 Å². The fourth-order valence-electron chi connectivity index (χ4n) is 3.09. The van der Waals surface area contributed by atoms with Gasteiger partial charge in [0, 0.05) is 30.7 Å². The van der Waals surface area contributed by atoms with E-state index in [9.17, 15) is 26.4 Å². The lowest BCUT2D eigenvalue weighted by molar-refractivity contribution is 0.0325. The van der Waals surface area contributed by atoms with Crippen LogP contribution in [0.5, 0.6) is 0 Å². The van der Waals surface area contributed by atoms with Crippen LogP contribution in [-0.4, -0.2) is 44.0 Å². The predicted molar refractivity (Wildman–Crippen MR) is 105 cm³/mol. The number of aromatic nitrogens is 1. The van der Waals surface area contributed by atoms with Crippen molar-refractivity contribution in [1.29, 1.82) is 0 Å². The third kappa shape index (κ3) is 5.70. The molecule has 1 saturated carbocycles. The lowest BCUT2D eigenvalue weighted by Crippen LogP contribution is -2.47. The highest BCUT2D eigenvalue weighted by molar-refractivity contribution is 7.89. The van der Waals surface area contributed by atoms with E-state index in [1.54, 1.807) is 24.5 Å². The summed E-state index contributed by atoms with van der Waals surface area (Å²) in [5.41, 5.74) is 1.16. The number of hydrogen-bond donors (Lipinski definition) is 3. The third-order valence-corrected chi connectivity index (χ3v) is 6.17. The summed E-state index contributed by atoms with van der Waals surface area (Å²) < 4.78 is 67.3. The minimum Gasteiger partial charge on any atom is -0.334 e. The zero-order valence-electron chi connectivity index (χ0n) is 15.8. The summed E-state index contributed by atoms with van der Waals surface area (Å²) in [5.74, 6) is 0. The zero-order chi connectivity index (χ0) is 21.7. The zero-order valence-corrected chi connectivity index (χ0v) is 16.6. The van der Waals surface area contributed by atoms with Crippen LogP contribution in [0.25, 0.3) is 0 Å². The molecule has 1 heterocycles. The number of sulfonamides is 1. The first-order valence-corrected chi connectivity index (χ1v) is 10.7. The van der Waals surface area contributed by atoms with Gasteiger partial charge in [-0.3, -0.25) is 4.98 Å². The van der Waals surface area contributed by atoms with Crippen LogP contribution in [0.3, 0.4) is 0 Å². The topological polar surface area (TPSA) is 100 Å². The molecular formula is C19H21F3N4O3S. The number of anilines is 1. The second-order valence-electron chi connectivity index (χ2n) is 6.96. The second-order valence-corrected chi connectivity index (χ2v) is 8.67. The number of benzene rings is 1. The Hall–Kier alpha value is -2.66.